The molecule has 1 fully saturated rings. The van der Waals surface area contributed by atoms with Crippen molar-refractivity contribution in [3.05, 3.63) is 0 Å². The summed E-state index contributed by atoms with van der Waals surface area (Å²) in [5, 5.41) is 12.3. The summed E-state index contributed by atoms with van der Waals surface area (Å²) in [7, 11) is 0. The van der Waals surface area contributed by atoms with Crippen LogP contribution in [0.25, 0.3) is 0 Å². The molecule has 0 aromatic heterocycles. The van der Waals surface area contributed by atoms with E-state index in [2.05, 4.69) is 12.2 Å². The molecule has 1 aliphatic carbocycles. The number of nitrogens with one attached hydrogen (secondary N) is 1. The molecule has 1 unspecified atom stereocenters. The molecule has 0 spiro atoms. The van der Waals surface area contributed by atoms with Gasteiger partial charge in [-0.15, -0.1) is 0 Å². The number of carboxylic acid groups (broad SMARTS) is 1. The first-order valence-electron chi connectivity index (χ1n) is 5.45. The SMILES string of the molecule is CC(C)C(NC1(C)CCCC1)C(=O)O. The molecule has 1 rings (SSSR count). The molecule has 1 atom stereocenters. The van der Waals surface area contributed by atoms with Crippen LogP contribution < -0.4 is 5.32 Å². The van der Waals surface area contributed by atoms with Crippen molar-refractivity contribution in [2.24, 2.45) is 5.92 Å². The Morgan fingerprint density at radius 2 is 1.86 bits per heavy atom. The minimum atomic E-state index is -0.729. The largest absolute Gasteiger partial charge is 0.480 e. The highest BCUT2D eigenvalue weighted by atomic mass is 16.4. The lowest BCUT2D eigenvalue weighted by Crippen LogP contribution is -2.52. The van der Waals surface area contributed by atoms with Crippen molar-refractivity contribution in [1.29, 1.82) is 0 Å². The highest BCUT2D eigenvalue weighted by Gasteiger charge is 2.34. The van der Waals surface area contributed by atoms with Crippen LogP contribution in [0.5, 0.6) is 0 Å². The first-order chi connectivity index (χ1) is 6.44. The van der Waals surface area contributed by atoms with Crippen LogP contribution in [0.2, 0.25) is 0 Å². The second kappa shape index (κ2) is 4.30. The highest BCUT2D eigenvalue weighted by molar-refractivity contribution is 5.73. The van der Waals surface area contributed by atoms with Gasteiger partial charge < -0.3 is 5.11 Å². The molecule has 2 N–H and O–H groups in total. The molecule has 1 aliphatic rings. The molecule has 14 heavy (non-hydrogen) atoms. The minimum Gasteiger partial charge on any atom is -0.480 e. The molecule has 0 radical (unpaired) electrons. The third-order valence-electron chi connectivity index (χ3n) is 3.14. The Morgan fingerprint density at radius 3 is 2.21 bits per heavy atom. The quantitative estimate of drug-likeness (QED) is 0.728. The monoisotopic (exact) mass is 199 g/mol. The predicted molar refractivity (Wildman–Crippen MR) is 56.3 cm³/mol. The fourth-order valence-corrected chi connectivity index (χ4v) is 2.19. The van der Waals surface area contributed by atoms with Crippen LogP contribution in [0.4, 0.5) is 0 Å². The van der Waals surface area contributed by atoms with E-state index in [0.29, 0.717) is 0 Å². The van der Waals surface area contributed by atoms with E-state index in [4.69, 9.17) is 5.11 Å². The lowest BCUT2D eigenvalue weighted by molar-refractivity contribution is -0.141. The molecule has 1 saturated carbocycles. The van der Waals surface area contributed by atoms with E-state index in [-0.39, 0.29) is 11.5 Å². The zero-order valence-corrected chi connectivity index (χ0v) is 9.34. The van der Waals surface area contributed by atoms with Crippen LogP contribution in [0.15, 0.2) is 0 Å². The Bertz CT molecular complexity index is 207. The zero-order chi connectivity index (χ0) is 10.8. The highest BCUT2D eigenvalue weighted by Crippen LogP contribution is 2.30. The number of carbonyl (C=O) groups is 1. The number of aliphatic carboxylic acids is 1. The van der Waals surface area contributed by atoms with Crippen LogP contribution in [0.3, 0.4) is 0 Å². The molecule has 0 amide bonds. The van der Waals surface area contributed by atoms with E-state index in [1.54, 1.807) is 0 Å². The number of hydrogen-bond acceptors (Lipinski definition) is 2. The van der Waals surface area contributed by atoms with Crippen LogP contribution in [-0.4, -0.2) is 22.7 Å². The van der Waals surface area contributed by atoms with Gasteiger partial charge in [0.1, 0.15) is 6.04 Å². The molecule has 3 heteroatoms. The van der Waals surface area contributed by atoms with Crippen molar-refractivity contribution in [2.75, 3.05) is 0 Å². The van der Waals surface area contributed by atoms with Gasteiger partial charge in [0.05, 0.1) is 0 Å². The fraction of sp³-hybridized carbons (Fsp3) is 0.909. The fourth-order valence-electron chi connectivity index (χ4n) is 2.19. The molecule has 0 aromatic carbocycles. The maximum atomic E-state index is 11.0. The molecule has 0 bridgehead atoms. The van der Waals surface area contributed by atoms with Crippen molar-refractivity contribution >= 4 is 5.97 Å². The van der Waals surface area contributed by atoms with E-state index < -0.39 is 12.0 Å². The van der Waals surface area contributed by atoms with Crippen LogP contribution >= 0.6 is 0 Å². The molecule has 3 nitrogen and oxygen atoms in total. The summed E-state index contributed by atoms with van der Waals surface area (Å²) in [6.45, 7) is 6.03. The standard InChI is InChI=1S/C11H21NO2/c1-8(2)9(10(13)14)12-11(3)6-4-5-7-11/h8-9,12H,4-7H2,1-3H3,(H,13,14). The molecule has 0 aromatic rings. The average molecular weight is 199 g/mol. The summed E-state index contributed by atoms with van der Waals surface area (Å²) < 4.78 is 0. The van der Waals surface area contributed by atoms with E-state index >= 15 is 0 Å². The van der Waals surface area contributed by atoms with E-state index in [9.17, 15) is 4.79 Å². The smallest absolute Gasteiger partial charge is 0.320 e. The summed E-state index contributed by atoms with van der Waals surface area (Å²) in [6, 6.07) is -0.405. The maximum absolute atomic E-state index is 11.0. The second-order valence-corrected chi connectivity index (χ2v) is 4.97. The summed E-state index contributed by atoms with van der Waals surface area (Å²) in [5.74, 6) is -0.585. The third kappa shape index (κ3) is 2.71. The Hall–Kier alpha value is -0.570. The Kier molecular flexibility index (Phi) is 3.53. The van der Waals surface area contributed by atoms with Gasteiger partial charge in [-0.3, -0.25) is 10.1 Å². The van der Waals surface area contributed by atoms with E-state index in [1.807, 2.05) is 13.8 Å². The van der Waals surface area contributed by atoms with E-state index in [1.165, 1.54) is 12.8 Å². The second-order valence-electron chi connectivity index (χ2n) is 4.97. The van der Waals surface area contributed by atoms with Crippen LogP contribution in [0.1, 0.15) is 46.5 Å². The normalized spacial score (nSPS) is 22.6. The molecule has 82 valence electrons. The van der Waals surface area contributed by atoms with Gasteiger partial charge in [-0.2, -0.15) is 0 Å². The van der Waals surface area contributed by atoms with Crippen LogP contribution in [0, 0.1) is 5.92 Å². The Balaban J connectivity index is 2.58. The number of hydrogen-bond donors (Lipinski definition) is 2. The molecule has 0 aliphatic heterocycles. The molecule has 0 heterocycles. The lowest BCUT2D eigenvalue weighted by atomic mass is 9.95. The van der Waals surface area contributed by atoms with Gasteiger partial charge in [0.25, 0.3) is 0 Å². The van der Waals surface area contributed by atoms with Crippen molar-refractivity contribution < 1.29 is 9.90 Å². The van der Waals surface area contributed by atoms with Gasteiger partial charge in [-0.1, -0.05) is 26.7 Å². The first kappa shape index (κ1) is 11.5. The van der Waals surface area contributed by atoms with Crippen LogP contribution in [-0.2, 0) is 4.79 Å². The predicted octanol–water partition coefficient (Wildman–Crippen LogP) is 2.02. The summed E-state index contributed by atoms with van der Waals surface area (Å²) in [4.78, 5) is 11.0. The van der Waals surface area contributed by atoms with Gasteiger partial charge in [0.2, 0.25) is 0 Å². The maximum Gasteiger partial charge on any atom is 0.320 e. The zero-order valence-electron chi connectivity index (χ0n) is 9.34. The van der Waals surface area contributed by atoms with Crippen molar-refractivity contribution in [3.63, 3.8) is 0 Å². The number of carboxylic acids is 1. The van der Waals surface area contributed by atoms with Gasteiger partial charge >= 0.3 is 5.97 Å². The Labute approximate surface area is 85.9 Å². The van der Waals surface area contributed by atoms with Crippen molar-refractivity contribution in [1.82, 2.24) is 5.32 Å². The summed E-state index contributed by atoms with van der Waals surface area (Å²) in [6.07, 6.45) is 4.63. The topological polar surface area (TPSA) is 49.3 Å². The van der Waals surface area contributed by atoms with Crippen molar-refractivity contribution in [3.8, 4) is 0 Å². The van der Waals surface area contributed by atoms with Gasteiger partial charge in [-0.05, 0) is 25.7 Å². The van der Waals surface area contributed by atoms with Gasteiger partial charge in [0.15, 0.2) is 0 Å². The number of rotatable bonds is 4. The summed E-state index contributed by atoms with van der Waals surface area (Å²) >= 11 is 0. The minimum absolute atomic E-state index is 0.0489. The van der Waals surface area contributed by atoms with Crippen molar-refractivity contribution in [2.45, 2.75) is 58.0 Å². The van der Waals surface area contributed by atoms with Gasteiger partial charge in [0, 0.05) is 5.54 Å². The lowest BCUT2D eigenvalue weighted by Gasteiger charge is -2.31. The molecule has 0 saturated heterocycles. The van der Waals surface area contributed by atoms with Gasteiger partial charge in [-0.25, -0.2) is 0 Å². The third-order valence-corrected chi connectivity index (χ3v) is 3.14. The van der Waals surface area contributed by atoms with E-state index in [0.717, 1.165) is 12.8 Å². The summed E-state index contributed by atoms with van der Waals surface area (Å²) in [5.41, 5.74) is 0.0489. The first-order valence-corrected chi connectivity index (χ1v) is 5.45. The average Bonchev–Trinajstić information content (AvgIpc) is 2.48. The Morgan fingerprint density at radius 1 is 1.36 bits per heavy atom. The molecular formula is C11H21NO2. The molecular weight excluding hydrogens is 178 g/mol.